The van der Waals surface area contributed by atoms with E-state index in [1.807, 2.05) is 12.1 Å². The van der Waals surface area contributed by atoms with Gasteiger partial charge >= 0.3 is 0 Å². The number of hydrogen-bond donors (Lipinski definition) is 0. The second-order valence-electron chi connectivity index (χ2n) is 4.18. The predicted octanol–water partition coefficient (Wildman–Crippen LogP) is 5.38. The van der Waals surface area contributed by atoms with Crippen molar-refractivity contribution in [2.24, 2.45) is 0 Å². The maximum atomic E-state index is 10.7. The lowest BCUT2D eigenvalue weighted by atomic mass is 10.2. The highest BCUT2D eigenvalue weighted by Crippen LogP contribution is 2.32. The number of hydrogen-bond acceptors (Lipinski definition) is 3. The molecule has 2 aromatic rings. The van der Waals surface area contributed by atoms with Gasteiger partial charge in [-0.15, -0.1) is 0 Å². The number of non-ortho nitro benzene ring substituents is 1. The molecule has 0 saturated carbocycles. The van der Waals surface area contributed by atoms with E-state index < -0.39 is 4.92 Å². The molecule has 0 saturated heterocycles. The fourth-order valence-electron chi connectivity index (χ4n) is 1.74. The topological polar surface area (TPSA) is 52.4 Å². The summed E-state index contributed by atoms with van der Waals surface area (Å²) in [4.78, 5) is 10.2. The van der Waals surface area contributed by atoms with Gasteiger partial charge < -0.3 is 4.74 Å². The first kappa shape index (κ1) is 16.1. The van der Waals surface area contributed by atoms with Gasteiger partial charge in [0.25, 0.3) is 5.69 Å². The fraction of sp³-hybridized carbons (Fsp3) is 0.143. The van der Waals surface area contributed by atoms with Crippen molar-refractivity contribution in [2.45, 2.75) is 11.9 Å². The Morgan fingerprint density at radius 3 is 2.52 bits per heavy atom. The molecule has 2 aromatic carbocycles. The van der Waals surface area contributed by atoms with Crippen LogP contribution in [0.5, 0.6) is 5.75 Å². The third-order valence-electron chi connectivity index (χ3n) is 2.81. The van der Waals surface area contributed by atoms with Gasteiger partial charge in [0, 0.05) is 28.6 Å². The standard InChI is InChI=1S/C14H10BrCl2NO3/c15-7-9-2-1-3-12(16)14(9)21-8-10-4-5-11(18(19)20)6-13(10)17/h1-6H,7-8H2. The van der Waals surface area contributed by atoms with Crippen molar-refractivity contribution in [3.63, 3.8) is 0 Å². The highest BCUT2D eigenvalue weighted by Gasteiger charge is 2.12. The Kier molecular flexibility index (Phi) is 5.45. The molecule has 0 aliphatic carbocycles. The molecule has 0 atom stereocenters. The lowest BCUT2D eigenvalue weighted by molar-refractivity contribution is -0.384. The zero-order valence-corrected chi connectivity index (χ0v) is 13.8. The van der Waals surface area contributed by atoms with Crippen molar-refractivity contribution < 1.29 is 9.66 Å². The fourth-order valence-corrected chi connectivity index (χ4v) is 2.66. The molecule has 0 N–H and O–H groups in total. The number of nitro groups is 1. The molecule has 0 unspecified atom stereocenters. The Bertz CT molecular complexity index is 679. The molecule has 0 aromatic heterocycles. The Morgan fingerprint density at radius 2 is 1.90 bits per heavy atom. The van der Waals surface area contributed by atoms with Crippen LogP contribution >= 0.6 is 39.1 Å². The van der Waals surface area contributed by atoms with Gasteiger partial charge in [-0.2, -0.15) is 0 Å². The Morgan fingerprint density at radius 1 is 1.14 bits per heavy atom. The Labute approximate surface area is 139 Å². The van der Waals surface area contributed by atoms with E-state index in [9.17, 15) is 10.1 Å². The second-order valence-corrected chi connectivity index (χ2v) is 5.56. The lowest BCUT2D eigenvalue weighted by Gasteiger charge is -2.12. The molecule has 0 bridgehead atoms. The number of nitrogens with zero attached hydrogens (tertiary/aromatic N) is 1. The summed E-state index contributed by atoms with van der Waals surface area (Å²) in [7, 11) is 0. The molecule has 4 nitrogen and oxygen atoms in total. The molecule has 0 spiro atoms. The molecule has 0 aliphatic rings. The van der Waals surface area contributed by atoms with Gasteiger partial charge in [-0.1, -0.05) is 51.3 Å². The van der Waals surface area contributed by atoms with Crippen LogP contribution in [0.25, 0.3) is 0 Å². The van der Waals surface area contributed by atoms with Gasteiger partial charge in [0.2, 0.25) is 0 Å². The first-order valence-electron chi connectivity index (χ1n) is 5.92. The first-order valence-corrected chi connectivity index (χ1v) is 7.79. The van der Waals surface area contributed by atoms with Crippen molar-refractivity contribution in [1.29, 1.82) is 0 Å². The molecule has 0 fully saturated rings. The molecular formula is C14H10BrCl2NO3. The van der Waals surface area contributed by atoms with E-state index in [4.69, 9.17) is 27.9 Å². The average Bonchev–Trinajstić information content (AvgIpc) is 2.46. The van der Waals surface area contributed by atoms with Crippen LogP contribution in [0.15, 0.2) is 36.4 Å². The van der Waals surface area contributed by atoms with Crippen LogP contribution in [-0.2, 0) is 11.9 Å². The third kappa shape index (κ3) is 3.87. The molecule has 0 amide bonds. The molecule has 7 heteroatoms. The van der Waals surface area contributed by atoms with E-state index in [1.54, 1.807) is 12.1 Å². The quantitative estimate of drug-likeness (QED) is 0.391. The molecule has 2 rings (SSSR count). The van der Waals surface area contributed by atoms with E-state index in [1.165, 1.54) is 12.1 Å². The molecule has 0 radical (unpaired) electrons. The highest BCUT2D eigenvalue weighted by molar-refractivity contribution is 9.08. The SMILES string of the molecule is O=[N+]([O-])c1ccc(COc2c(Cl)cccc2CBr)c(Cl)c1. The molecule has 21 heavy (non-hydrogen) atoms. The van der Waals surface area contributed by atoms with Crippen LogP contribution in [0.2, 0.25) is 10.0 Å². The van der Waals surface area contributed by atoms with Gasteiger partial charge in [0.05, 0.1) is 15.0 Å². The predicted molar refractivity (Wildman–Crippen MR) is 86.5 cm³/mol. The second kappa shape index (κ2) is 7.11. The number of nitro benzene ring substituents is 1. The number of benzene rings is 2. The summed E-state index contributed by atoms with van der Waals surface area (Å²) in [6.45, 7) is 0.181. The van der Waals surface area contributed by atoms with Crippen LogP contribution in [0.1, 0.15) is 11.1 Å². The summed E-state index contributed by atoms with van der Waals surface area (Å²) < 4.78 is 5.71. The average molecular weight is 391 g/mol. The number of rotatable bonds is 5. The van der Waals surface area contributed by atoms with Crippen LogP contribution in [-0.4, -0.2) is 4.92 Å². The Hall–Kier alpha value is -1.30. The minimum Gasteiger partial charge on any atom is -0.487 e. The van der Waals surface area contributed by atoms with Crippen LogP contribution in [0.3, 0.4) is 0 Å². The monoisotopic (exact) mass is 389 g/mol. The third-order valence-corrected chi connectivity index (χ3v) is 4.07. The summed E-state index contributed by atoms with van der Waals surface area (Å²) in [5.41, 5.74) is 1.52. The molecule has 0 aliphatic heterocycles. The normalized spacial score (nSPS) is 10.4. The Balaban J connectivity index is 2.19. The van der Waals surface area contributed by atoms with Crippen LogP contribution in [0, 0.1) is 10.1 Å². The van der Waals surface area contributed by atoms with Gasteiger partial charge in [-0.3, -0.25) is 10.1 Å². The number of para-hydroxylation sites is 1. The smallest absolute Gasteiger partial charge is 0.270 e. The van der Waals surface area contributed by atoms with Crippen molar-refractivity contribution in [2.75, 3.05) is 0 Å². The lowest BCUT2D eigenvalue weighted by Crippen LogP contribution is -2.00. The van der Waals surface area contributed by atoms with E-state index in [-0.39, 0.29) is 17.3 Å². The summed E-state index contributed by atoms with van der Waals surface area (Å²) in [5, 5.41) is 12.1. The van der Waals surface area contributed by atoms with E-state index in [2.05, 4.69) is 15.9 Å². The van der Waals surface area contributed by atoms with Crippen LogP contribution in [0.4, 0.5) is 5.69 Å². The summed E-state index contributed by atoms with van der Waals surface area (Å²) in [5.74, 6) is 0.575. The minimum absolute atomic E-state index is 0.0531. The van der Waals surface area contributed by atoms with Gasteiger partial charge in [-0.25, -0.2) is 0 Å². The molecule has 110 valence electrons. The minimum atomic E-state index is -0.493. The van der Waals surface area contributed by atoms with Gasteiger partial charge in [-0.05, 0) is 12.1 Å². The first-order chi connectivity index (χ1) is 10.0. The van der Waals surface area contributed by atoms with Crippen molar-refractivity contribution in [1.82, 2.24) is 0 Å². The highest BCUT2D eigenvalue weighted by atomic mass is 79.9. The zero-order chi connectivity index (χ0) is 15.4. The van der Waals surface area contributed by atoms with Crippen molar-refractivity contribution in [3.8, 4) is 5.75 Å². The number of ether oxygens (including phenoxy) is 1. The largest absolute Gasteiger partial charge is 0.487 e. The van der Waals surface area contributed by atoms with E-state index >= 15 is 0 Å². The van der Waals surface area contributed by atoms with Gasteiger partial charge in [0.15, 0.2) is 0 Å². The van der Waals surface area contributed by atoms with E-state index in [0.29, 0.717) is 21.7 Å². The number of alkyl halides is 1. The van der Waals surface area contributed by atoms with Crippen molar-refractivity contribution >= 4 is 44.8 Å². The number of halogens is 3. The van der Waals surface area contributed by atoms with Gasteiger partial charge in [0.1, 0.15) is 12.4 Å². The molecule has 0 heterocycles. The van der Waals surface area contributed by atoms with E-state index in [0.717, 1.165) is 5.56 Å². The summed E-state index contributed by atoms with van der Waals surface area (Å²) in [6, 6.07) is 9.74. The maximum Gasteiger partial charge on any atom is 0.270 e. The summed E-state index contributed by atoms with van der Waals surface area (Å²) >= 11 is 15.5. The van der Waals surface area contributed by atoms with Crippen LogP contribution < -0.4 is 4.74 Å². The van der Waals surface area contributed by atoms with Crippen molar-refractivity contribution in [3.05, 3.63) is 67.7 Å². The zero-order valence-electron chi connectivity index (χ0n) is 10.7. The summed E-state index contributed by atoms with van der Waals surface area (Å²) in [6.07, 6.45) is 0. The molecular weight excluding hydrogens is 381 g/mol. The maximum absolute atomic E-state index is 10.7.